The predicted octanol–water partition coefficient (Wildman–Crippen LogP) is 5.64. The summed E-state index contributed by atoms with van der Waals surface area (Å²) in [6.45, 7) is 2.12. The number of rotatable bonds is 3. The maximum atomic E-state index is 14.5. The Balaban J connectivity index is 0.00000240. The van der Waals surface area contributed by atoms with Crippen LogP contribution < -0.4 is 5.32 Å². The molecule has 1 N–H and O–H groups in total. The number of benzene rings is 2. The maximum Gasteiger partial charge on any atom is 0.426 e. The summed E-state index contributed by atoms with van der Waals surface area (Å²) in [5.74, 6) is 0.0423. The van der Waals surface area contributed by atoms with Gasteiger partial charge in [-0.25, -0.2) is 8.78 Å². The molecule has 7 heteroatoms. The van der Waals surface area contributed by atoms with E-state index in [0.717, 1.165) is 29.7 Å². The van der Waals surface area contributed by atoms with Gasteiger partial charge in [0.15, 0.2) is 0 Å². The third kappa shape index (κ3) is 3.66. The molecule has 158 valence electrons. The van der Waals surface area contributed by atoms with E-state index >= 15 is 0 Å². The van der Waals surface area contributed by atoms with Crippen molar-refractivity contribution in [1.29, 1.82) is 0 Å². The van der Waals surface area contributed by atoms with E-state index < -0.39 is 11.8 Å². The number of fused-ring (bicyclic) bond motifs is 3. The normalized spacial score (nSPS) is 25.5. The summed E-state index contributed by atoms with van der Waals surface area (Å²) in [4.78, 5) is 0. The van der Waals surface area contributed by atoms with Crippen LogP contribution in [-0.2, 0) is 23.9 Å². The SMILES string of the molecule is CC(F)(c1ccc2c(c1)CCC1CNCC21Cc1ccc(F)cc1)C(F)(F)F.Cl. The number of nitrogens with one attached hydrogen (secondary N) is 1. The first-order valence-electron chi connectivity index (χ1n) is 9.48. The van der Waals surface area contributed by atoms with Crippen LogP contribution in [0.2, 0.25) is 0 Å². The van der Waals surface area contributed by atoms with Gasteiger partial charge in [-0.2, -0.15) is 13.2 Å². The topological polar surface area (TPSA) is 12.0 Å². The molecule has 2 aliphatic rings. The maximum absolute atomic E-state index is 14.5. The summed E-state index contributed by atoms with van der Waals surface area (Å²) in [5.41, 5.74) is -1.24. The van der Waals surface area contributed by atoms with Crippen LogP contribution >= 0.6 is 12.4 Å². The van der Waals surface area contributed by atoms with Gasteiger partial charge >= 0.3 is 6.18 Å². The van der Waals surface area contributed by atoms with Crippen molar-refractivity contribution in [1.82, 2.24) is 5.32 Å². The highest BCUT2D eigenvalue weighted by Gasteiger charge is 2.54. The minimum Gasteiger partial charge on any atom is -0.316 e. The van der Waals surface area contributed by atoms with Gasteiger partial charge in [0, 0.05) is 12.0 Å². The second-order valence-corrected chi connectivity index (χ2v) is 8.20. The van der Waals surface area contributed by atoms with Gasteiger partial charge in [0.1, 0.15) is 5.82 Å². The van der Waals surface area contributed by atoms with Crippen LogP contribution in [0.4, 0.5) is 22.0 Å². The van der Waals surface area contributed by atoms with Gasteiger partial charge in [-0.15, -0.1) is 12.4 Å². The molecule has 0 spiro atoms. The summed E-state index contributed by atoms with van der Waals surface area (Å²) in [5, 5.41) is 3.42. The second kappa shape index (κ2) is 7.55. The van der Waals surface area contributed by atoms with Gasteiger partial charge in [-0.1, -0.05) is 30.3 Å². The number of alkyl halides is 4. The van der Waals surface area contributed by atoms with Gasteiger partial charge in [0.25, 0.3) is 0 Å². The molecule has 0 amide bonds. The van der Waals surface area contributed by atoms with Crippen LogP contribution in [0.1, 0.15) is 35.6 Å². The fourth-order valence-corrected chi connectivity index (χ4v) is 4.84. The molecule has 2 aromatic rings. The molecule has 1 saturated heterocycles. The Kier molecular flexibility index (Phi) is 5.73. The first-order valence-corrected chi connectivity index (χ1v) is 9.48. The highest BCUT2D eigenvalue weighted by Crippen LogP contribution is 2.48. The predicted molar refractivity (Wildman–Crippen MR) is 105 cm³/mol. The number of aryl methyl sites for hydroxylation is 1. The minimum atomic E-state index is -4.96. The fourth-order valence-electron chi connectivity index (χ4n) is 4.84. The lowest BCUT2D eigenvalue weighted by Crippen LogP contribution is -2.42. The van der Waals surface area contributed by atoms with E-state index in [-0.39, 0.29) is 29.2 Å². The van der Waals surface area contributed by atoms with Crippen molar-refractivity contribution in [2.75, 3.05) is 13.1 Å². The fraction of sp³-hybridized carbons (Fsp3) is 0.455. The van der Waals surface area contributed by atoms with E-state index in [0.29, 0.717) is 32.2 Å². The molecule has 1 aliphatic carbocycles. The van der Waals surface area contributed by atoms with Crippen LogP contribution in [0.5, 0.6) is 0 Å². The Morgan fingerprint density at radius 3 is 2.41 bits per heavy atom. The Bertz CT molecular complexity index is 878. The van der Waals surface area contributed by atoms with Gasteiger partial charge in [-0.05, 0) is 73.0 Å². The molecule has 0 saturated carbocycles. The molecule has 3 unspecified atom stereocenters. The van der Waals surface area contributed by atoms with Crippen molar-refractivity contribution in [3.05, 3.63) is 70.5 Å². The first kappa shape index (κ1) is 22.0. The number of hydrogen-bond acceptors (Lipinski definition) is 1. The van der Waals surface area contributed by atoms with Crippen molar-refractivity contribution < 1.29 is 22.0 Å². The zero-order chi connectivity index (χ0) is 20.2. The van der Waals surface area contributed by atoms with Crippen molar-refractivity contribution >= 4 is 12.4 Å². The molecule has 2 aromatic carbocycles. The summed E-state index contributed by atoms with van der Waals surface area (Å²) in [6, 6.07) is 10.7. The molecule has 29 heavy (non-hydrogen) atoms. The third-order valence-corrected chi connectivity index (χ3v) is 6.52. The Morgan fingerprint density at radius 2 is 1.76 bits per heavy atom. The van der Waals surface area contributed by atoms with E-state index in [4.69, 9.17) is 0 Å². The molecule has 1 fully saturated rings. The van der Waals surface area contributed by atoms with E-state index in [9.17, 15) is 22.0 Å². The Hall–Kier alpha value is -1.66. The largest absolute Gasteiger partial charge is 0.426 e. The van der Waals surface area contributed by atoms with Crippen molar-refractivity contribution in [2.45, 2.75) is 43.4 Å². The van der Waals surface area contributed by atoms with Crippen molar-refractivity contribution in [3.63, 3.8) is 0 Å². The molecular formula is C22H23ClF5N. The molecule has 1 heterocycles. The Labute approximate surface area is 173 Å². The lowest BCUT2D eigenvalue weighted by Gasteiger charge is -2.41. The minimum absolute atomic E-state index is 0. The van der Waals surface area contributed by atoms with Crippen LogP contribution in [0.25, 0.3) is 0 Å². The monoisotopic (exact) mass is 431 g/mol. The van der Waals surface area contributed by atoms with Gasteiger partial charge < -0.3 is 5.32 Å². The Morgan fingerprint density at radius 1 is 1.07 bits per heavy atom. The third-order valence-electron chi connectivity index (χ3n) is 6.52. The molecule has 0 radical (unpaired) electrons. The lowest BCUT2D eigenvalue weighted by molar-refractivity contribution is -0.228. The van der Waals surface area contributed by atoms with E-state index in [1.54, 1.807) is 18.2 Å². The molecular weight excluding hydrogens is 409 g/mol. The molecule has 0 aromatic heterocycles. The quantitative estimate of drug-likeness (QED) is 0.620. The summed E-state index contributed by atoms with van der Waals surface area (Å²) >= 11 is 0. The highest BCUT2D eigenvalue weighted by molar-refractivity contribution is 5.85. The van der Waals surface area contributed by atoms with E-state index in [2.05, 4.69) is 5.32 Å². The summed E-state index contributed by atoms with van der Waals surface area (Å²) in [7, 11) is 0. The van der Waals surface area contributed by atoms with Crippen molar-refractivity contribution in [3.8, 4) is 0 Å². The summed E-state index contributed by atoms with van der Waals surface area (Å²) < 4.78 is 67.2. The van der Waals surface area contributed by atoms with Crippen LogP contribution in [0.15, 0.2) is 42.5 Å². The number of hydrogen-bond donors (Lipinski definition) is 1. The summed E-state index contributed by atoms with van der Waals surface area (Å²) in [6.07, 6.45) is -2.82. The average molecular weight is 432 g/mol. The molecule has 0 bridgehead atoms. The first-order chi connectivity index (χ1) is 13.1. The smallest absolute Gasteiger partial charge is 0.316 e. The lowest BCUT2D eigenvalue weighted by atomic mass is 9.62. The molecule has 1 aliphatic heterocycles. The van der Waals surface area contributed by atoms with E-state index in [1.165, 1.54) is 24.3 Å². The van der Waals surface area contributed by atoms with Crippen LogP contribution in [0, 0.1) is 11.7 Å². The molecule has 1 nitrogen and oxygen atoms in total. The molecule has 3 atom stereocenters. The zero-order valence-electron chi connectivity index (χ0n) is 16.0. The van der Waals surface area contributed by atoms with Crippen molar-refractivity contribution in [2.24, 2.45) is 5.92 Å². The number of halogens is 6. The van der Waals surface area contributed by atoms with E-state index in [1.807, 2.05) is 0 Å². The zero-order valence-corrected chi connectivity index (χ0v) is 16.8. The van der Waals surface area contributed by atoms with Gasteiger partial charge in [-0.3, -0.25) is 0 Å². The average Bonchev–Trinajstić information content (AvgIpc) is 3.06. The van der Waals surface area contributed by atoms with Crippen LogP contribution in [-0.4, -0.2) is 19.3 Å². The van der Waals surface area contributed by atoms with Gasteiger partial charge in [0.2, 0.25) is 5.67 Å². The highest BCUT2D eigenvalue weighted by atomic mass is 35.5. The second-order valence-electron chi connectivity index (χ2n) is 8.20. The molecule has 4 rings (SSSR count). The van der Waals surface area contributed by atoms with Gasteiger partial charge in [0.05, 0.1) is 0 Å². The van der Waals surface area contributed by atoms with Crippen LogP contribution in [0.3, 0.4) is 0 Å². The standard InChI is InChI=1S/C22H22F5N.ClH/c1-20(24,22(25,26)27)16-6-9-19-15(10-16)4-5-17-12-28-13-21(17,19)11-14-2-7-18(23)8-3-14;/h2-3,6-10,17,28H,4-5,11-13H2,1H3;1H.